The summed E-state index contributed by atoms with van der Waals surface area (Å²) in [6.45, 7) is 2.53. The summed E-state index contributed by atoms with van der Waals surface area (Å²) < 4.78 is 0. The van der Waals surface area contributed by atoms with Crippen LogP contribution in [0.25, 0.3) is 0 Å². The first-order chi connectivity index (χ1) is 10.8. The predicted octanol–water partition coefficient (Wildman–Crippen LogP) is 4.65. The van der Waals surface area contributed by atoms with E-state index in [1.54, 1.807) is 11.1 Å². The average molecular weight is 291 g/mol. The monoisotopic (exact) mass is 291 g/mol. The van der Waals surface area contributed by atoms with Gasteiger partial charge in [0.05, 0.1) is 0 Å². The van der Waals surface area contributed by atoms with E-state index >= 15 is 0 Å². The van der Waals surface area contributed by atoms with Crippen molar-refractivity contribution in [2.24, 2.45) is 5.92 Å². The molecule has 0 bridgehead atoms. The van der Waals surface area contributed by atoms with Gasteiger partial charge in [0.2, 0.25) is 0 Å². The number of rotatable bonds is 2. The van der Waals surface area contributed by atoms with Crippen molar-refractivity contribution in [3.05, 3.63) is 71.3 Å². The summed E-state index contributed by atoms with van der Waals surface area (Å²) in [5.41, 5.74) is 4.70. The van der Waals surface area contributed by atoms with E-state index in [-0.39, 0.29) is 0 Å². The summed E-state index contributed by atoms with van der Waals surface area (Å²) in [6.07, 6.45) is 4.02. The van der Waals surface area contributed by atoms with Gasteiger partial charge in [-0.2, -0.15) is 0 Å². The van der Waals surface area contributed by atoms with E-state index in [9.17, 15) is 0 Å². The molecule has 1 heterocycles. The third-order valence-electron chi connectivity index (χ3n) is 5.79. The van der Waals surface area contributed by atoms with Crippen LogP contribution in [0.15, 0.2) is 54.6 Å². The smallest absolute Gasteiger partial charge is 0.00980 e. The molecule has 22 heavy (non-hydrogen) atoms. The first-order valence-electron chi connectivity index (χ1n) is 8.65. The molecule has 2 aromatic carbocycles. The largest absolute Gasteiger partial charge is 0.306 e. The van der Waals surface area contributed by atoms with E-state index in [1.807, 2.05) is 0 Å². The molecule has 1 nitrogen and oxygen atoms in total. The van der Waals surface area contributed by atoms with E-state index in [0.29, 0.717) is 5.92 Å². The third kappa shape index (κ3) is 2.48. The van der Waals surface area contributed by atoms with E-state index in [4.69, 9.17) is 0 Å². The van der Waals surface area contributed by atoms with E-state index < -0.39 is 0 Å². The van der Waals surface area contributed by atoms with Crippen LogP contribution < -0.4 is 0 Å². The topological polar surface area (TPSA) is 3.24 Å². The van der Waals surface area contributed by atoms with Crippen molar-refractivity contribution in [3.63, 3.8) is 0 Å². The molecule has 0 aromatic heterocycles. The van der Waals surface area contributed by atoms with Gasteiger partial charge in [-0.05, 0) is 67.9 Å². The van der Waals surface area contributed by atoms with Crippen molar-refractivity contribution in [2.45, 2.75) is 31.1 Å². The lowest BCUT2D eigenvalue weighted by Crippen LogP contribution is -2.32. The highest BCUT2D eigenvalue weighted by Crippen LogP contribution is 2.50. The minimum Gasteiger partial charge on any atom is -0.306 e. The maximum atomic E-state index is 2.48. The van der Waals surface area contributed by atoms with Gasteiger partial charge in [-0.15, -0.1) is 0 Å². The Kier molecular flexibility index (Phi) is 3.75. The molecule has 1 heteroatoms. The molecule has 2 aromatic rings. The van der Waals surface area contributed by atoms with Crippen LogP contribution in [-0.4, -0.2) is 25.0 Å². The maximum Gasteiger partial charge on any atom is 0.00980 e. The van der Waals surface area contributed by atoms with Crippen molar-refractivity contribution in [3.8, 4) is 0 Å². The zero-order valence-corrected chi connectivity index (χ0v) is 13.4. The molecule has 4 rings (SSSR count). The fraction of sp³-hybridized carbons (Fsp3) is 0.429. The van der Waals surface area contributed by atoms with Gasteiger partial charge in [0.1, 0.15) is 0 Å². The van der Waals surface area contributed by atoms with Crippen LogP contribution in [0, 0.1) is 5.92 Å². The van der Waals surface area contributed by atoms with Crippen LogP contribution in [0.2, 0.25) is 0 Å². The highest BCUT2D eigenvalue weighted by molar-refractivity contribution is 5.45. The fourth-order valence-electron chi connectivity index (χ4n) is 4.55. The lowest BCUT2D eigenvalue weighted by molar-refractivity contribution is 0.196. The number of nitrogens with zero attached hydrogens (tertiary/aromatic N) is 1. The number of hydrogen-bond acceptors (Lipinski definition) is 1. The summed E-state index contributed by atoms with van der Waals surface area (Å²) in [4.78, 5) is 2.48. The lowest BCUT2D eigenvalue weighted by atomic mass is 9.80. The van der Waals surface area contributed by atoms with Crippen LogP contribution in [-0.2, 0) is 0 Å². The predicted molar refractivity (Wildman–Crippen MR) is 92.3 cm³/mol. The van der Waals surface area contributed by atoms with Crippen molar-refractivity contribution < 1.29 is 0 Å². The van der Waals surface area contributed by atoms with Gasteiger partial charge < -0.3 is 4.90 Å². The first kappa shape index (κ1) is 14.0. The van der Waals surface area contributed by atoms with Crippen molar-refractivity contribution in [1.29, 1.82) is 0 Å². The Morgan fingerprint density at radius 2 is 1.45 bits per heavy atom. The molecule has 1 aliphatic carbocycles. The Balaban J connectivity index is 1.65. The summed E-state index contributed by atoms with van der Waals surface area (Å²) in [6, 6.07) is 20.3. The van der Waals surface area contributed by atoms with E-state index in [0.717, 1.165) is 11.8 Å². The zero-order chi connectivity index (χ0) is 14.9. The zero-order valence-electron chi connectivity index (χ0n) is 13.4. The number of benzene rings is 2. The molecule has 2 atom stereocenters. The number of hydrogen-bond donors (Lipinski definition) is 0. The quantitative estimate of drug-likeness (QED) is 0.778. The molecular weight excluding hydrogens is 266 g/mol. The average Bonchev–Trinajstić information content (AvgIpc) is 2.96. The standard InChI is InChI=1S/C21H25N/c1-22-13-11-17(12-14-22)21-15-20(16-7-3-2-4-8-16)18-9-5-6-10-19(18)21/h2-10,17,20-21H,11-15H2,1H3. The molecule has 0 radical (unpaired) electrons. The van der Waals surface area contributed by atoms with E-state index in [1.165, 1.54) is 37.9 Å². The Morgan fingerprint density at radius 1 is 0.818 bits per heavy atom. The van der Waals surface area contributed by atoms with E-state index in [2.05, 4.69) is 66.5 Å². The molecule has 0 amide bonds. The normalized spacial score (nSPS) is 26.0. The molecule has 1 fully saturated rings. The summed E-state index contributed by atoms with van der Waals surface area (Å²) >= 11 is 0. The SMILES string of the molecule is CN1CCC(C2CC(c3ccccc3)c3ccccc32)CC1. The summed E-state index contributed by atoms with van der Waals surface area (Å²) in [5, 5.41) is 0. The maximum absolute atomic E-state index is 2.48. The second kappa shape index (κ2) is 5.89. The lowest BCUT2D eigenvalue weighted by Gasteiger charge is -2.33. The van der Waals surface area contributed by atoms with Gasteiger partial charge in [-0.25, -0.2) is 0 Å². The second-order valence-electron chi connectivity index (χ2n) is 7.08. The molecular formula is C21H25N. The van der Waals surface area contributed by atoms with Gasteiger partial charge in [0.15, 0.2) is 0 Å². The minimum absolute atomic E-state index is 0.599. The fourth-order valence-corrected chi connectivity index (χ4v) is 4.55. The van der Waals surface area contributed by atoms with Crippen LogP contribution in [0.3, 0.4) is 0 Å². The first-order valence-corrected chi connectivity index (χ1v) is 8.65. The molecule has 2 unspecified atom stereocenters. The molecule has 0 spiro atoms. The van der Waals surface area contributed by atoms with Crippen LogP contribution >= 0.6 is 0 Å². The number of likely N-dealkylation sites (tertiary alicyclic amines) is 1. The van der Waals surface area contributed by atoms with Crippen LogP contribution in [0.4, 0.5) is 0 Å². The molecule has 1 saturated heterocycles. The van der Waals surface area contributed by atoms with Gasteiger partial charge in [-0.1, -0.05) is 54.6 Å². The van der Waals surface area contributed by atoms with Gasteiger partial charge in [0.25, 0.3) is 0 Å². The Hall–Kier alpha value is -1.60. The third-order valence-corrected chi connectivity index (χ3v) is 5.79. The van der Waals surface area contributed by atoms with Crippen LogP contribution in [0.5, 0.6) is 0 Å². The van der Waals surface area contributed by atoms with Crippen molar-refractivity contribution >= 4 is 0 Å². The summed E-state index contributed by atoms with van der Waals surface area (Å²) in [5.74, 6) is 2.23. The van der Waals surface area contributed by atoms with Crippen molar-refractivity contribution in [1.82, 2.24) is 4.90 Å². The molecule has 114 valence electrons. The molecule has 1 aliphatic heterocycles. The highest BCUT2D eigenvalue weighted by Gasteiger charge is 2.36. The highest BCUT2D eigenvalue weighted by atomic mass is 15.1. The Morgan fingerprint density at radius 3 is 2.18 bits per heavy atom. The minimum atomic E-state index is 0.599. The molecule has 2 aliphatic rings. The van der Waals surface area contributed by atoms with Gasteiger partial charge in [0, 0.05) is 5.92 Å². The summed E-state index contributed by atoms with van der Waals surface area (Å²) in [7, 11) is 2.26. The molecule has 0 N–H and O–H groups in total. The van der Waals surface area contributed by atoms with Crippen molar-refractivity contribution in [2.75, 3.05) is 20.1 Å². The Labute approximate surface area is 134 Å². The number of piperidine rings is 1. The second-order valence-corrected chi connectivity index (χ2v) is 7.08. The van der Waals surface area contributed by atoms with Gasteiger partial charge >= 0.3 is 0 Å². The van der Waals surface area contributed by atoms with Gasteiger partial charge in [-0.3, -0.25) is 0 Å². The van der Waals surface area contributed by atoms with Crippen LogP contribution in [0.1, 0.15) is 47.8 Å². The Bertz CT molecular complexity index is 625. The molecule has 0 saturated carbocycles. The number of fused-ring (bicyclic) bond motifs is 1.